The van der Waals surface area contributed by atoms with E-state index in [9.17, 15) is 9.59 Å². The monoisotopic (exact) mass is 379 g/mol. The number of rotatable bonds is 6. The second kappa shape index (κ2) is 9.04. The summed E-state index contributed by atoms with van der Waals surface area (Å²) in [5, 5.41) is 6.52. The van der Waals surface area contributed by atoms with Crippen molar-refractivity contribution in [2.75, 3.05) is 12.4 Å². The summed E-state index contributed by atoms with van der Waals surface area (Å²) in [4.78, 5) is 23.8. The number of ether oxygens (including phenoxy) is 2. The lowest BCUT2D eigenvalue weighted by atomic mass is 10.2. The molecule has 0 aliphatic rings. The largest absolute Gasteiger partial charge is 0.493 e. The molecule has 0 atom stereocenters. The normalized spacial score (nSPS) is 10.5. The van der Waals surface area contributed by atoms with Gasteiger partial charge in [-0.25, -0.2) is 15.0 Å². The van der Waals surface area contributed by atoms with Gasteiger partial charge in [0.25, 0.3) is 0 Å². The van der Waals surface area contributed by atoms with Crippen LogP contribution >= 0.6 is 0 Å². The number of nitrogens with one attached hydrogen (secondary N) is 2. The van der Waals surface area contributed by atoms with Crippen LogP contribution in [0.2, 0.25) is 0 Å². The first kappa shape index (κ1) is 18.7. The molecule has 28 heavy (non-hydrogen) atoms. The van der Waals surface area contributed by atoms with Gasteiger partial charge in [0.1, 0.15) is 0 Å². The number of anilines is 1. The smallest absolute Gasteiger partial charge is 0.379 e. The Kier molecular flexibility index (Phi) is 6.04. The Labute approximate surface area is 160 Å². The molecule has 8 heteroatoms. The molecule has 0 saturated carbocycles. The summed E-state index contributed by atoms with van der Waals surface area (Å²) in [5.74, 6) is 0.0127. The highest BCUT2D eigenvalue weighted by atomic mass is 16.6. The van der Waals surface area contributed by atoms with E-state index >= 15 is 0 Å². The second-order valence-corrected chi connectivity index (χ2v) is 5.47. The van der Waals surface area contributed by atoms with Crippen molar-refractivity contribution in [1.29, 1.82) is 0 Å². The summed E-state index contributed by atoms with van der Waals surface area (Å²) in [6.07, 6.45) is 2.82. The zero-order valence-corrected chi connectivity index (χ0v) is 14.9. The van der Waals surface area contributed by atoms with Crippen LogP contribution in [0.1, 0.15) is 16.1 Å². The molecule has 0 spiro atoms. The molecule has 2 aromatic carbocycles. The summed E-state index contributed by atoms with van der Waals surface area (Å²) >= 11 is 0. The van der Waals surface area contributed by atoms with Crippen molar-refractivity contribution in [1.82, 2.24) is 5.43 Å². The Bertz CT molecular complexity index is 969. The number of hydrogen-bond acceptors (Lipinski definition) is 6. The van der Waals surface area contributed by atoms with Gasteiger partial charge in [-0.1, -0.05) is 18.2 Å². The van der Waals surface area contributed by atoms with Gasteiger partial charge in [0.15, 0.2) is 11.5 Å². The van der Waals surface area contributed by atoms with Crippen LogP contribution < -0.4 is 20.2 Å². The number of nitrogens with zero attached hydrogens (tertiary/aromatic N) is 1. The lowest BCUT2D eigenvalue weighted by Crippen LogP contribution is -2.24. The first-order chi connectivity index (χ1) is 13.7. The topological polar surface area (TPSA) is 102 Å². The third-order valence-corrected chi connectivity index (χ3v) is 3.52. The fraction of sp³-hybridized carbons (Fsp3) is 0.0500. The standard InChI is InChI=1S/C20H17N3O5/c1-26-18-12-14(9-10-16(18)28-19(24)17-8-5-11-27-17)13-21-23-20(25)22-15-6-3-2-4-7-15/h2-13H,1H3,(H2,22,23,25)/b21-13-. The number of amides is 2. The summed E-state index contributed by atoms with van der Waals surface area (Å²) < 4.78 is 15.5. The number of para-hydroxylation sites is 1. The van der Waals surface area contributed by atoms with Crippen molar-refractivity contribution in [2.24, 2.45) is 5.10 Å². The minimum Gasteiger partial charge on any atom is -0.493 e. The fourth-order valence-corrected chi connectivity index (χ4v) is 2.24. The zero-order valence-electron chi connectivity index (χ0n) is 14.9. The number of methoxy groups -OCH3 is 1. The van der Waals surface area contributed by atoms with E-state index in [1.54, 1.807) is 36.4 Å². The molecule has 0 bridgehead atoms. The Hall–Kier alpha value is -4.07. The highest BCUT2D eigenvalue weighted by Gasteiger charge is 2.14. The van der Waals surface area contributed by atoms with Gasteiger partial charge >= 0.3 is 12.0 Å². The van der Waals surface area contributed by atoms with E-state index in [-0.39, 0.29) is 11.5 Å². The highest BCUT2D eigenvalue weighted by Crippen LogP contribution is 2.28. The Morgan fingerprint density at radius 2 is 1.86 bits per heavy atom. The van der Waals surface area contributed by atoms with Gasteiger partial charge in [0.2, 0.25) is 5.76 Å². The predicted molar refractivity (Wildman–Crippen MR) is 103 cm³/mol. The molecule has 0 saturated heterocycles. The maximum atomic E-state index is 12.0. The molecule has 8 nitrogen and oxygen atoms in total. The van der Waals surface area contributed by atoms with Crippen LogP contribution in [0.15, 0.2) is 76.4 Å². The third kappa shape index (κ3) is 4.98. The minimum absolute atomic E-state index is 0.0846. The van der Waals surface area contributed by atoms with E-state index in [0.29, 0.717) is 17.0 Å². The van der Waals surface area contributed by atoms with Crippen LogP contribution in [0.25, 0.3) is 0 Å². The van der Waals surface area contributed by atoms with E-state index in [4.69, 9.17) is 13.9 Å². The molecule has 2 N–H and O–H groups in total. The Balaban J connectivity index is 1.60. The van der Waals surface area contributed by atoms with Crippen molar-refractivity contribution in [3.63, 3.8) is 0 Å². The number of benzene rings is 2. The SMILES string of the molecule is COc1cc(/C=N\NC(=O)Nc2ccccc2)ccc1OC(=O)c1ccco1. The zero-order chi connectivity index (χ0) is 19.8. The van der Waals surface area contributed by atoms with Gasteiger partial charge in [-0.15, -0.1) is 0 Å². The Morgan fingerprint density at radius 1 is 1.04 bits per heavy atom. The summed E-state index contributed by atoms with van der Waals surface area (Å²) in [6, 6.07) is 16.5. The predicted octanol–water partition coefficient (Wildman–Crippen LogP) is 3.66. The number of urea groups is 1. The van der Waals surface area contributed by atoms with E-state index in [1.165, 1.54) is 25.7 Å². The molecular weight excluding hydrogens is 362 g/mol. The lowest BCUT2D eigenvalue weighted by Gasteiger charge is -2.09. The van der Waals surface area contributed by atoms with Gasteiger partial charge in [-0.3, -0.25) is 0 Å². The maximum Gasteiger partial charge on any atom is 0.379 e. The molecular formula is C20H17N3O5. The summed E-state index contributed by atoms with van der Waals surface area (Å²) in [6.45, 7) is 0. The van der Waals surface area contributed by atoms with Crippen molar-refractivity contribution in [2.45, 2.75) is 0 Å². The fourth-order valence-electron chi connectivity index (χ4n) is 2.24. The first-order valence-corrected chi connectivity index (χ1v) is 8.24. The molecule has 0 aliphatic heterocycles. The van der Waals surface area contributed by atoms with Crippen LogP contribution in [0, 0.1) is 0 Å². The summed E-state index contributed by atoms with van der Waals surface area (Å²) in [7, 11) is 1.45. The first-order valence-electron chi connectivity index (χ1n) is 8.24. The van der Waals surface area contributed by atoms with E-state index in [1.807, 2.05) is 18.2 Å². The van der Waals surface area contributed by atoms with Crippen LogP contribution in [-0.4, -0.2) is 25.3 Å². The van der Waals surface area contributed by atoms with Crippen LogP contribution in [0.5, 0.6) is 11.5 Å². The highest BCUT2D eigenvalue weighted by molar-refractivity contribution is 5.91. The molecule has 1 heterocycles. The maximum absolute atomic E-state index is 12.0. The van der Waals surface area contributed by atoms with E-state index < -0.39 is 12.0 Å². The quantitative estimate of drug-likeness (QED) is 0.294. The lowest BCUT2D eigenvalue weighted by molar-refractivity contribution is 0.0696. The molecule has 0 radical (unpaired) electrons. The van der Waals surface area contributed by atoms with Crippen LogP contribution in [0.3, 0.4) is 0 Å². The van der Waals surface area contributed by atoms with Crippen molar-refractivity contribution in [3.05, 3.63) is 78.3 Å². The number of carbonyl (C=O) groups excluding carboxylic acids is 2. The average molecular weight is 379 g/mol. The van der Waals surface area contributed by atoms with Gasteiger partial charge in [0, 0.05) is 5.69 Å². The number of carbonyl (C=O) groups is 2. The minimum atomic E-state index is -0.635. The Morgan fingerprint density at radius 3 is 2.57 bits per heavy atom. The number of furan rings is 1. The van der Waals surface area contributed by atoms with Gasteiger partial charge in [0.05, 0.1) is 19.6 Å². The van der Waals surface area contributed by atoms with Gasteiger partial charge < -0.3 is 19.2 Å². The molecule has 3 rings (SSSR count). The third-order valence-electron chi connectivity index (χ3n) is 3.52. The molecule has 142 valence electrons. The molecule has 0 aliphatic carbocycles. The molecule has 3 aromatic rings. The molecule has 0 fully saturated rings. The average Bonchev–Trinajstić information content (AvgIpc) is 3.25. The van der Waals surface area contributed by atoms with E-state index in [2.05, 4.69) is 15.8 Å². The second-order valence-electron chi connectivity index (χ2n) is 5.47. The molecule has 1 aromatic heterocycles. The van der Waals surface area contributed by atoms with Gasteiger partial charge in [-0.2, -0.15) is 5.10 Å². The van der Waals surface area contributed by atoms with Crippen LogP contribution in [-0.2, 0) is 0 Å². The molecule has 2 amide bonds. The van der Waals surface area contributed by atoms with E-state index in [0.717, 1.165) is 0 Å². The molecule has 0 unspecified atom stereocenters. The van der Waals surface area contributed by atoms with Crippen molar-refractivity contribution in [3.8, 4) is 11.5 Å². The van der Waals surface area contributed by atoms with Crippen LogP contribution in [0.4, 0.5) is 10.5 Å². The number of esters is 1. The van der Waals surface area contributed by atoms with Crippen molar-refractivity contribution >= 4 is 23.9 Å². The number of hydrogen-bond donors (Lipinski definition) is 2. The van der Waals surface area contributed by atoms with Crippen molar-refractivity contribution < 1.29 is 23.5 Å². The summed E-state index contributed by atoms with van der Waals surface area (Å²) in [5.41, 5.74) is 3.65. The number of hydrazone groups is 1. The van der Waals surface area contributed by atoms with Gasteiger partial charge in [-0.05, 0) is 48.0 Å².